The summed E-state index contributed by atoms with van der Waals surface area (Å²) >= 11 is 0. The van der Waals surface area contributed by atoms with Crippen molar-refractivity contribution >= 4 is 97.8 Å². The largest absolute Gasteiger partial charge is 0.454 e. The number of anilines is 5. The van der Waals surface area contributed by atoms with Gasteiger partial charge in [-0.05, 0) is 85.8 Å². The molecule has 2 aliphatic heterocycles. The second kappa shape index (κ2) is 11.3. The van der Waals surface area contributed by atoms with Crippen LogP contribution in [0.3, 0.4) is 0 Å². The van der Waals surface area contributed by atoms with E-state index in [9.17, 15) is 0 Å². The van der Waals surface area contributed by atoms with E-state index in [1.54, 1.807) is 0 Å². The van der Waals surface area contributed by atoms with Crippen LogP contribution < -0.4 is 31.5 Å². The molecule has 0 fully saturated rings. The first-order chi connectivity index (χ1) is 26.0. The van der Waals surface area contributed by atoms with Gasteiger partial charge in [-0.15, -0.1) is 0 Å². The molecular weight excluding hydrogens is 659 g/mol. The van der Waals surface area contributed by atoms with Crippen LogP contribution in [-0.4, -0.2) is 15.4 Å². The predicted molar refractivity (Wildman–Crippen MR) is 228 cm³/mol. The first-order valence-corrected chi connectivity index (χ1v) is 21.3. The molecule has 0 atom stereocenters. The lowest BCUT2D eigenvalue weighted by molar-refractivity contribution is 0.669. The zero-order valence-corrected chi connectivity index (χ0v) is 30.5. The smallest absolute Gasteiger partial charge is 0.198 e. The van der Waals surface area contributed by atoms with E-state index < -0.39 is 8.07 Å². The van der Waals surface area contributed by atoms with Crippen LogP contribution in [0, 0.1) is 0 Å². The van der Waals surface area contributed by atoms with Crippen molar-refractivity contribution in [2.45, 2.75) is 13.1 Å². The van der Waals surface area contributed by atoms with Crippen molar-refractivity contribution in [2.75, 3.05) is 10.2 Å². The predicted octanol–water partition coefficient (Wildman–Crippen LogP) is 10.4. The molecule has 249 valence electrons. The van der Waals surface area contributed by atoms with Crippen LogP contribution in [0.2, 0.25) is 13.1 Å². The van der Waals surface area contributed by atoms with Gasteiger partial charge in [-0.1, -0.05) is 140 Å². The molecule has 1 radical (unpaired) electrons. The van der Waals surface area contributed by atoms with Crippen molar-refractivity contribution in [3.63, 3.8) is 0 Å². The fraction of sp³-hybridized carbons (Fsp3) is 0.0417. The van der Waals surface area contributed by atoms with Gasteiger partial charge in [0.05, 0.1) is 5.69 Å². The SMILES string of the molecule is C[Si]1(C)c2ccccc2N2c3c(cccc31)[B]c1c(-c3cc4ccccc4cc3Nc3ccc(-c4ccccc4)cc3)cc3c(oc4ccccc43)c12. The number of hydrogen-bond acceptors (Lipinski definition) is 3. The Morgan fingerprint density at radius 1 is 0.566 bits per heavy atom. The van der Waals surface area contributed by atoms with Gasteiger partial charge in [0.25, 0.3) is 0 Å². The Labute approximate surface area is 310 Å². The first kappa shape index (κ1) is 30.3. The number of fused-ring (bicyclic) bond motifs is 9. The minimum atomic E-state index is -2.00. The highest BCUT2D eigenvalue weighted by Crippen LogP contribution is 2.47. The number of rotatable bonds is 4. The second-order valence-electron chi connectivity index (χ2n) is 14.8. The van der Waals surface area contributed by atoms with Crippen LogP contribution in [0.15, 0.2) is 168 Å². The van der Waals surface area contributed by atoms with Crippen molar-refractivity contribution in [3.05, 3.63) is 164 Å². The molecule has 0 spiro atoms. The topological polar surface area (TPSA) is 28.4 Å². The van der Waals surface area contributed by atoms with Crippen molar-refractivity contribution < 1.29 is 4.42 Å². The average Bonchev–Trinajstić information content (AvgIpc) is 3.58. The lowest BCUT2D eigenvalue weighted by Crippen LogP contribution is -2.62. The van der Waals surface area contributed by atoms with E-state index in [0.29, 0.717) is 0 Å². The van der Waals surface area contributed by atoms with Gasteiger partial charge in [0.2, 0.25) is 0 Å². The maximum atomic E-state index is 6.90. The van der Waals surface area contributed by atoms with Crippen molar-refractivity contribution in [1.82, 2.24) is 0 Å². The number of benzene rings is 8. The number of nitrogens with zero attached hydrogens (tertiary/aromatic N) is 1. The van der Waals surface area contributed by atoms with Crippen LogP contribution >= 0.6 is 0 Å². The summed E-state index contributed by atoms with van der Waals surface area (Å²) in [5, 5.41) is 11.4. The molecule has 0 aliphatic carbocycles. The van der Waals surface area contributed by atoms with E-state index >= 15 is 0 Å². The van der Waals surface area contributed by atoms with E-state index in [4.69, 9.17) is 4.42 Å². The van der Waals surface area contributed by atoms with Gasteiger partial charge in [-0.25, -0.2) is 0 Å². The van der Waals surface area contributed by atoms with Gasteiger partial charge in [0, 0.05) is 39.1 Å². The standard InChI is InChI=1S/C48H34BN2OSi/c1-53(2)43-21-11-9-19-41(43)51-46-39(18-12-22-44(46)53)49-45-37(29-38-35-17-8-10-20-42(35)52-48(38)47(45)51)36-27-32-15-6-7-16-33(32)28-40(36)50-34-25-23-31(24-26-34)30-13-4-3-5-14-30/h3-29,50H,1-2H3. The Balaban J connectivity index is 1.19. The molecule has 8 aromatic carbocycles. The summed E-state index contributed by atoms with van der Waals surface area (Å²) in [7, 11) is 0.419. The molecule has 0 saturated carbocycles. The number of furan rings is 1. The van der Waals surface area contributed by atoms with Crippen molar-refractivity contribution in [1.29, 1.82) is 0 Å². The van der Waals surface area contributed by atoms with Crippen LogP contribution in [0.4, 0.5) is 28.4 Å². The van der Waals surface area contributed by atoms with Gasteiger partial charge >= 0.3 is 0 Å². The fourth-order valence-electron chi connectivity index (χ4n) is 8.83. The third-order valence-electron chi connectivity index (χ3n) is 11.4. The Kier molecular flexibility index (Phi) is 6.50. The third kappa shape index (κ3) is 4.54. The molecule has 5 heteroatoms. The number of nitrogens with one attached hydrogen (secondary N) is 1. The van der Waals surface area contributed by atoms with E-state index in [2.05, 4.69) is 194 Å². The van der Waals surface area contributed by atoms with Gasteiger partial charge in [0.1, 0.15) is 13.7 Å². The first-order valence-electron chi connectivity index (χ1n) is 18.3. The van der Waals surface area contributed by atoms with Crippen LogP contribution in [0.1, 0.15) is 0 Å². The molecule has 0 unspecified atom stereocenters. The fourth-order valence-corrected chi connectivity index (χ4v) is 11.8. The normalized spacial score (nSPS) is 13.7. The molecule has 1 N–H and O–H groups in total. The lowest BCUT2D eigenvalue weighted by Gasteiger charge is -2.45. The molecule has 3 heterocycles. The van der Waals surface area contributed by atoms with Crippen LogP contribution in [0.5, 0.6) is 0 Å². The number of para-hydroxylation sites is 3. The highest BCUT2D eigenvalue weighted by atomic mass is 28.3. The zero-order valence-electron chi connectivity index (χ0n) is 29.5. The second-order valence-corrected chi connectivity index (χ2v) is 19.2. The van der Waals surface area contributed by atoms with Gasteiger partial charge < -0.3 is 14.6 Å². The van der Waals surface area contributed by atoms with Crippen molar-refractivity contribution in [3.8, 4) is 22.3 Å². The summed E-state index contributed by atoms with van der Waals surface area (Å²) in [6, 6.07) is 59.4. The van der Waals surface area contributed by atoms with Crippen LogP contribution in [-0.2, 0) is 0 Å². The Hall–Kier alpha value is -6.30. The summed E-state index contributed by atoms with van der Waals surface area (Å²) in [5.74, 6) is 0. The average molecular weight is 694 g/mol. The van der Waals surface area contributed by atoms with Crippen molar-refractivity contribution in [2.24, 2.45) is 0 Å². The molecule has 9 aromatic rings. The van der Waals surface area contributed by atoms with E-state index in [-0.39, 0.29) is 0 Å². The molecule has 0 amide bonds. The zero-order chi connectivity index (χ0) is 35.3. The monoisotopic (exact) mass is 693 g/mol. The molecule has 3 nitrogen and oxygen atoms in total. The third-order valence-corrected chi connectivity index (χ3v) is 15.0. The summed E-state index contributed by atoms with van der Waals surface area (Å²) in [4.78, 5) is 2.53. The highest BCUT2D eigenvalue weighted by Gasteiger charge is 2.43. The molecule has 2 aliphatic rings. The Morgan fingerprint density at radius 2 is 1.26 bits per heavy atom. The summed E-state index contributed by atoms with van der Waals surface area (Å²) in [6.07, 6.45) is 0. The summed E-state index contributed by atoms with van der Waals surface area (Å²) in [5.41, 5.74) is 14.7. The molecular formula is C48H34BN2OSi. The maximum Gasteiger partial charge on any atom is 0.198 e. The number of hydrogen-bond donors (Lipinski definition) is 1. The Morgan fingerprint density at radius 3 is 2.11 bits per heavy atom. The van der Waals surface area contributed by atoms with E-state index in [1.165, 1.54) is 54.7 Å². The quantitative estimate of drug-likeness (QED) is 0.186. The Bertz CT molecular complexity index is 2930. The van der Waals surface area contributed by atoms with Gasteiger partial charge in [-0.2, -0.15) is 0 Å². The van der Waals surface area contributed by atoms with E-state index in [1.807, 2.05) is 0 Å². The lowest BCUT2D eigenvalue weighted by atomic mass is 9.58. The summed E-state index contributed by atoms with van der Waals surface area (Å²) in [6.45, 7) is 4.97. The molecule has 1 aromatic heterocycles. The minimum Gasteiger partial charge on any atom is -0.454 e. The molecule has 11 rings (SSSR count). The van der Waals surface area contributed by atoms with Gasteiger partial charge in [0.15, 0.2) is 12.9 Å². The summed E-state index contributed by atoms with van der Waals surface area (Å²) < 4.78 is 6.90. The molecule has 0 saturated heterocycles. The molecule has 53 heavy (non-hydrogen) atoms. The van der Waals surface area contributed by atoms with Crippen LogP contribution in [0.25, 0.3) is 55.0 Å². The molecule has 0 bridgehead atoms. The minimum absolute atomic E-state index is 0.899. The maximum absolute atomic E-state index is 6.90. The van der Waals surface area contributed by atoms with Gasteiger partial charge in [-0.3, -0.25) is 0 Å². The highest BCUT2D eigenvalue weighted by molar-refractivity contribution is 7.03. The van der Waals surface area contributed by atoms with E-state index in [0.717, 1.165) is 50.0 Å².